The van der Waals surface area contributed by atoms with Crippen LogP contribution in [0.1, 0.15) is 51.6 Å². The van der Waals surface area contributed by atoms with Crippen LogP contribution in [-0.2, 0) is 16.0 Å². The van der Waals surface area contributed by atoms with Crippen LogP contribution in [0.2, 0.25) is 0 Å². The Morgan fingerprint density at radius 2 is 2.03 bits per heavy atom. The van der Waals surface area contributed by atoms with Crippen molar-refractivity contribution in [3.05, 3.63) is 30.1 Å². The first-order valence-corrected chi connectivity index (χ1v) is 11.3. The zero-order chi connectivity index (χ0) is 21.7. The number of likely N-dealkylation sites (N-methyl/N-ethyl adjacent to an activating group) is 1. The maximum atomic E-state index is 12.5. The van der Waals surface area contributed by atoms with Crippen molar-refractivity contribution in [2.24, 2.45) is 10.4 Å². The van der Waals surface area contributed by atoms with E-state index in [0.717, 1.165) is 44.8 Å². The van der Waals surface area contributed by atoms with Crippen molar-refractivity contribution >= 4 is 35.8 Å². The third-order valence-electron chi connectivity index (χ3n) is 5.85. The Morgan fingerprint density at radius 3 is 2.68 bits per heavy atom. The van der Waals surface area contributed by atoms with E-state index in [-0.39, 0.29) is 41.8 Å². The number of halogens is 1. The lowest BCUT2D eigenvalue weighted by Crippen LogP contribution is -2.44. The summed E-state index contributed by atoms with van der Waals surface area (Å²) in [5, 5.41) is 6.76. The number of nitrogens with one attached hydrogen (secondary N) is 2. The van der Waals surface area contributed by atoms with E-state index in [0.29, 0.717) is 12.5 Å². The molecule has 31 heavy (non-hydrogen) atoms. The molecule has 1 aromatic rings. The minimum absolute atomic E-state index is 0. The van der Waals surface area contributed by atoms with Gasteiger partial charge in [0, 0.05) is 58.2 Å². The van der Waals surface area contributed by atoms with Crippen LogP contribution in [0.3, 0.4) is 0 Å². The van der Waals surface area contributed by atoms with E-state index in [1.54, 1.807) is 11.1 Å². The number of ether oxygens (including phenoxy) is 1. The van der Waals surface area contributed by atoms with Crippen LogP contribution in [0.25, 0.3) is 0 Å². The molecule has 8 heteroatoms. The van der Waals surface area contributed by atoms with Gasteiger partial charge in [-0.15, -0.1) is 24.0 Å². The number of pyridine rings is 1. The first-order chi connectivity index (χ1) is 14.6. The monoisotopic (exact) mass is 545 g/mol. The SMILES string of the molecule is CCNC(=NCC(=O)N(C)CCc1ccccn1)NCC1(CCOCC)CCCC1.I. The second-order valence-electron chi connectivity index (χ2n) is 8.09. The topological polar surface area (TPSA) is 78.9 Å². The van der Waals surface area contributed by atoms with E-state index in [9.17, 15) is 4.79 Å². The minimum Gasteiger partial charge on any atom is -0.382 e. The highest BCUT2D eigenvalue weighted by molar-refractivity contribution is 14.0. The summed E-state index contributed by atoms with van der Waals surface area (Å²) >= 11 is 0. The summed E-state index contributed by atoms with van der Waals surface area (Å²) in [6, 6.07) is 5.84. The lowest BCUT2D eigenvalue weighted by molar-refractivity contribution is -0.128. The molecule has 1 aromatic heterocycles. The van der Waals surface area contributed by atoms with Gasteiger partial charge >= 0.3 is 0 Å². The third-order valence-corrected chi connectivity index (χ3v) is 5.85. The predicted molar refractivity (Wildman–Crippen MR) is 137 cm³/mol. The molecule has 0 aromatic carbocycles. The number of guanidine groups is 1. The highest BCUT2D eigenvalue weighted by Crippen LogP contribution is 2.40. The molecule has 0 saturated heterocycles. The third kappa shape index (κ3) is 10.2. The molecular formula is C23H40IN5O2. The molecule has 1 aliphatic carbocycles. The summed E-state index contributed by atoms with van der Waals surface area (Å²) in [7, 11) is 1.82. The van der Waals surface area contributed by atoms with Crippen molar-refractivity contribution in [3.63, 3.8) is 0 Å². The summed E-state index contributed by atoms with van der Waals surface area (Å²) in [5.74, 6) is 0.724. The van der Waals surface area contributed by atoms with Crippen LogP contribution >= 0.6 is 24.0 Å². The van der Waals surface area contributed by atoms with Gasteiger partial charge in [-0.2, -0.15) is 0 Å². The summed E-state index contributed by atoms with van der Waals surface area (Å²) < 4.78 is 5.61. The van der Waals surface area contributed by atoms with Crippen LogP contribution in [0.15, 0.2) is 29.4 Å². The predicted octanol–water partition coefficient (Wildman–Crippen LogP) is 3.24. The van der Waals surface area contributed by atoms with Crippen LogP contribution < -0.4 is 10.6 Å². The summed E-state index contributed by atoms with van der Waals surface area (Å²) in [4.78, 5) is 23.1. The van der Waals surface area contributed by atoms with Crippen molar-refractivity contribution in [2.45, 2.75) is 52.4 Å². The van der Waals surface area contributed by atoms with Crippen molar-refractivity contribution in [1.82, 2.24) is 20.5 Å². The molecule has 0 aliphatic heterocycles. The van der Waals surface area contributed by atoms with Gasteiger partial charge in [-0.25, -0.2) is 4.99 Å². The Hall–Kier alpha value is -1.42. The van der Waals surface area contributed by atoms with Gasteiger partial charge in [-0.1, -0.05) is 18.9 Å². The Balaban J connectivity index is 0.00000480. The van der Waals surface area contributed by atoms with Crippen LogP contribution in [-0.4, -0.2) is 68.2 Å². The van der Waals surface area contributed by atoms with E-state index in [1.807, 2.05) is 39.1 Å². The lowest BCUT2D eigenvalue weighted by Gasteiger charge is -2.30. The molecule has 0 atom stereocenters. The summed E-state index contributed by atoms with van der Waals surface area (Å²) in [6.07, 6.45) is 8.60. The maximum absolute atomic E-state index is 12.5. The zero-order valence-corrected chi connectivity index (χ0v) is 21.7. The summed E-state index contributed by atoms with van der Waals surface area (Å²) in [6.45, 7) is 8.07. The molecule has 1 saturated carbocycles. The molecule has 2 N–H and O–H groups in total. The van der Waals surface area contributed by atoms with Crippen LogP contribution in [0, 0.1) is 5.41 Å². The molecular weight excluding hydrogens is 505 g/mol. The standard InChI is InChI=1S/C23H39N5O2.HI/c1-4-24-22(27-19-23(12-7-8-13-23)14-17-30-5-2)26-18-21(29)28(3)16-11-20-10-6-9-15-25-20;/h6,9-10,15H,4-5,7-8,11-14,16-19H2,1-3H3,(H2,24,26,27);1H. The number of hydrogen-bond acceptors (Lipinski definition) is 4. The van der Waals surface area contributed by atoms with Crippen molar-refractivity contribution in [3.8, 4) is 0 Å². The molecule has 0 spiro atoms. The molecule has 0 radical (unpaired) electrons. The van der Waals surface area contributed by atoms with Crippen molar-refractivity contribution in [1.29, 1.82) is 0 Å². The van der Waals surface area contributed by atoms with E-state index in [4.69, 9.17) is 4.74 Å². The number of nitrogens with zero attached hydrogens (tertiary/aromatic N) is 3. The number of carbonyl (C=O) groups is 1. The average Bonchev–Trinajstić information content (AvgIpc) is 3.23. The molecule has 2 rings (SSSR count). The molecule has 1 fully saturated rings. The Morgan fingerprint density at radius 1 is 1.26 bits per heavy atom. The largest absolute Gasteiger partial charge is 0.382 e. The first-order valence-electron chi connectivity index (χ1n) is 11.3. The van der Waals surface area contributed by atoms with Gasteiger partial charge in [0.2, 0.25) is 5.91 Å². The molecule has 176 valence electrons. The fourth-order valence-corrected chi connectivity index (χ4v) is 3.91. The van der Waals surface area contributed by atoms with Crippen LogP contribution in [0.5, 0.6) is 0 Å². The molecule has 7 nitrogen and oxygen atoms in total. The van der Waals surface area contributed by atoms with E-state index < -0.39 is 0 Å². The van der Waals surface area contributed by atoms with Gasteiger partial charge in [-0.3, -0.25) is 9.78 Å². The van der Waals surface area contributed by atoms with E-state index in [2.05, 4.69) is 20.6 Å². The smallest absolute Gasteiger partial charge is 0.244 e. The van der Waals surface area contributed by atoms with Gasteiger partial charge in [0.25, 0.3) is 0 Å². The molecule has 1 aliphatic rings. The first kappa shape index (κ1) is 27.6. The second kappa shape index (κ2) is 15.4. The number of amides is 1. The van der Waals surface area contributed by atoms with Crippen molar-refractivity contribution in [2.75, 3.05) is 46.4 Å². The van der Waals surface area contributed by atoms with E-state index in [1.165, 1.54) is 25.7 Å². The maximum Gasteiger partial charge on any atom is 0.244 e. The Bertz CT molecular complexity index is 651. The highest BCUT2D eigenvalue weighted by atomic mass is 127. The number of carbonyl (C=O) groups excluding carboxylic acids is 1. The van der Waals surface area contributed by atoms with Gasteiger partial charge in [0.15, 0.2) is 5.96 Å². The molecule has 1 heterocycles. The Kier molecular flexibility index (Phi) is 13.7. The van der Waals surface area contributed by atoms with Gasteiger partial charge < -0.3 is 20.3 Å². The zero-order valence-electron chi connectivity index (χ0n) is 19.4. The van der Waals surface area contributed by atoms with Gasteiger partial charge in [-0.05, 0) is 50.7 Å². The summed E-state index contributed by atoms with van der Waals surface area (Å²) in [5.41, 5.74) is 1.26. The van der Waals surface area contributed by atoms with Crippen LogP contribution in [0.4, 0.5) is 0 Å². The second-order valence-corrected chi connectivity index (χ2v) is 8.09. The fraction of sp³-hybridized carbons (Fsp3) is 0.696. The Labute approximate surface area is 204 Å². The fourth-order valence-electron chi connectivity index (χ4n) is 3.91. The van der Waals surface area contributed by atoms with Gasteiger partial charge in [0.05, 0.1) is 0 Å². The lowest BCUT2D eigenvalue weighted by atomic mass is 9.83. The number of hydrogen-bond donors (Lipinski definition) is 2. The van der Waals surface area contributed by atoms with Crippen molar-refractivity contribution < 1.29 is 9.53 Å². The molecule has 0 unspecified atom stereocenters. The molecule has 0 bridgehead atoms. The quantitative estimate of drug-likeness (QED) is 0.183. The minimum atomic E-state index is 0. The number of aromatic nitrogens is 1. The average molecular weight is 546 g/mol. The number of aliphatic imine (C=N–C) groups is 1. The number of rotatable bonds is 12. The molecule has 1 amide bonds. The van der Waals surface area contributed by atoms with E-state index >= 15 is 0 Å². The van der Waals surface area contributed by atoms with Gasteiger partial charge in [0.1, 0.15) is 6.54 Å². The highest BCUT2D eigenvalue weighted by Gasteiger charge is 2.33. The normalized spacial score (nSPS) is 15.3.